The zero-order chi connectivity index (χ0) is 17.6. The number of alkyl halides is 3. The van der Waals surface area contributed by atoms with E-state index in [4.69, 9.17) is 9.84 Å². The fourth-order valence-corrected chi connectivity index (χ4v) is 1.32. The van der Waals surface area contributed by atoms with Crippen molar-refractivity contribution in [3.05, 3.63) is 0 Å². The quantitative estimate of drug-likeness (QED) is 0.640. The van der Waals surface area contributed by atoms with Crippen LogP contribution in [0.1, 0.15) is 33.6 Å². The van der Waals surface area contributed by atoms with Crippen LogP contribution < -0.4 is 10.6 Å². The van der Waals surface area contributed by atoms with Crippen molar-refractivity contribution in [2.75, 3.05) is 6.54 Å². The molecule has 1 atom stereocenters. The lowest BCUT2D eigenvalue weighted by atomic mass is 10.1. The van der Waals surface area contributed by atoms with Crippen LogP contribution in [0.15, 0.2) is 0 Å². The third kappa shape index (κ3) is 9.03. The van der Waals surface area contributed by atoms with E-state index >= 15 is 0 Å². The molecule has 1 unspecified atom stereocenters. The minimum Gasteiger partial charge on any atom is -0.480 e. The molecule has 0 bridgehead atoms. The second-order valence-electron chi connectivity index (χ2n) is 5.43. The number of hydrogen-bond donors (Lipinski definition) is 3. The molecule has 7 nitrogen and oxygen atoms in total. The van der Waals surface area contributed by atoms with Crippen molar-refractivity contribution in [1.82, 2.24) is 10.6 Å². The van der Waals surface area contributed by atoms with E-state index in [-0.39, 0.29) is 19.4 Å². The number of carbonyl (C=O) groups excluding carboxylic acids is 2. The van der Waals surface area contributed by atoms with E-state index in [9.17, 15) is 27.6 Å². The SMILES string of the molecule is CC(C)(C)OC(=O)NC(CCCNC(=O)C(F)(F)F)C(=O)O. The van der Waals surface area contributed by atoms with Crippen molar-refractivity contribution in [2.45, 2.75) is 51.4 Å². The van der Waals surface area contributed by atoms with Crippen LogP contribution in [0.3, 0.4) is 0 Å². The maximum absolute atomic E-state index is 11.9. The van der Waals surface area contributed by atoms with Crippen molar-refractivity contribution >= 4 is 18.0 Å². The molecule has 0 aromatic heterocycles. The molecule has 0 aliphatic rings. The van der Waals surface area contributed by atoms with Gasteiger partial charge in [0.2, 0.25) is 0 Å². The Balaban J connectivity index is 4.25. The number of carboxylic acids is 1. The molecule has 0 saturated heterocycles. The molecule has 0 aliphatic heterocycles. The van der Waals surface area contributed by atoms with Crippen molar-refractivity contribution in [3.8, 4) is 0 Å². The third-order valence-corrected chi connectivity index (χ3v) is 2.20. The first-order valence-electron chi connectivity index (χ1n) is 6.40. The average Bonchev–Trinajstić information content (AvgIpc) is 2.28. The predicted molar refractivity (Wildman–Crippen MR) is 69.1 cm³/mol. The summed E-state index contributed by atoms with van der Waals surface area (Å²) in [5.41, 5.74) is -0.812. The van der Waals surface area contributed by atoms with Crippen LogP contribution in [-0.4, -0.2) is 47.4 Å². The van der Waals surface area contributed by atoms with Crippen LogP contribution in [0.4, 0.5) is 18.0 Å². The molecular weight excluding hydrogens is 309 g/mol. The normalized spacial score (nSPS) is 13.2. The van der Waals surface area contributed by atoms with Crippen molar-refractivity contribution < 1.29 is 37.4 Å². The summed E-state index contributed by atoms with van der Waals surface area (Å²) >= 11 is 0. The van der Waals surface area contributed by atoms with E-state index in [1.54, 1.807) is 26.1 Å². The number of hydrogen-bond acceptors (Lipinski definition) is 4. The number of halogens is 3. The van der Waals surface area contributed by atoms with Gasteiger partial charge in [-0.2, -0.15) is 13.2 Å². The molecule has 128 valence electrons. The molecule has 0 aromatic carbocycles. The lowest BCUT2D eigenvalue weighted by Gasteiger charge is -2.22. The number of alkyl carbamates (subject to hydrolysis) is 1. The Morgan fingerprint density at radius 1 is 1.18 bits per heavy atom. The monoisotopic (exact) mass is 328 g/mol. The van der Waals surface area contributed by atoms with Gasteiger partial charge in [0.05, 0.1) is 0 Å². The van der Waals surface area contributed by atoms with Gasteiger partial charge in [0.15, 0.2) is 0 Å². The second kappa shape index (κ2) is 7.85. The van der Waals surface area contributed by atoms with Gasteiger partial charge in [-0.3, -0.25) is 4.79 Å². The maximum atomic E-state index is 11.9. The number of carboxylic acid groups (broad SMARTS) is 1. The first-order chi connectivity index (χ1) is 9.83. The summed E-state index contributed by atoms with van der Waals surface area (Å²) < 4.78 is 40.6. The Labute approximate surface area is 125 Å². The average molecular weight is 328 g/mol. The minimum atomic E-state index is -4.99. The molecule has 0 fully saturated rings. The Kier molecular flexibility index (Phi) is 7.14. The maximum Gasteiger partial charge on any atom is 0.471 e. The van der Waals surface area contributed by atoms with Crippen LogP contribution in [0.25, 0.3) is 0 Å². The molecule has 3 N–H and O–H groups in total. The fraction of sp³-hybridized carbons (Fsp3) is 0.750. The molecule has 0 radical (unpaired) electrons. The Hall–Kier alpha value is -2.00. The van der Waals surface area contributed by atoms with E-state index in [0.717, 1.165) is 0 Å². The van der Waals surface area contributed by atoms with Gasteiger partial charge < -0.3 is 20.5 Å². The molecule has 0 aromatic rings. The number of carbonyl (C=O) groups is 3. The molecule has 10 heteroatoms. The summed E-state index contributed by atoms with van der Waals surface area (Å²) in [5.74, 6) is -3.45. The zero-order valence-electron chi connectivity index (χ0n) is 12.4. The van der Waals surface area contributed by atoms with Gasteiger partial charge in [0, 0.05) is 6.54 Å². The largest absolute Gasteiger partial charge is 0.480 e. The summed E-state index contributed by atoms with van der Waals surface area (Å²) in [6, 6.07) is -1.32. The van der Waals surface area contributed by atoms with E-state index in [0.29, 0.717) is 0 Å². The van der Waals surface area contributed by atoms with Crippen LogP contribution >= 0.6 is 0 Å². The van der Waals surface area contributed by atoms with Crippen LogP contribution in [-0.2, 0) is 14.3 Å². The lowest BCUT2D eigenvalue weighted by Crippen LogP contribution is -2.44. The van der Waals surface area contributed by atoms with Crippen LogP contribution in [0.5, 0.6) is 0 Å². The fourth-order valence-electron chi connectivity index (χ4n) is 1.32. The van der Waals surface area contributed by atoms with Crippen LogP contribution in [0, 0.1) is 0 Å². The van der Waals surface area contributed by atoms with E-state index in [1.807, 2.05) is 0 Å². The molecule has 0 aliphatic carbocycles. The highest BCUT2D eigenvalue weighted by Crippen LogP contribution is 2.14. The van der Waals surface area contributed by atoms with E-state index in [2.05, 4.69) is 5.32 Å². The molecule has 0 heterocycles. The van der Waals surface area contributed by atoms with Crippen molar-refractivity contribution in [3.63, 3.8) is 0 Å². The molecular formula is C12H19F3N2O5. The summed E-state index contributed by atoms with van der Waals surface area (Å²) in [7, 11) is 0. The summed E-state index contributed by atoms with van der Waals surface area (Å²) in [5, 5.41) is 12.6. The summed E-state index contributed by atoms with van der Waals surface area (Å²) in [4.78, 5) is 32.9. The van der Waals surface area contributed by atoms with Gasteiger partial charge in [0.25, 0.3) is 0 Å². The molecule has 0 saturated carbocycles. The number of rotatable bonds is 6. The van der Waals surface area contributed by atoms with Gasteiger partial charge in [0.1, 0.15) is 11.6 Å². The van der Waals surface area contributed by atoms with Gasteiger partial charge in [-0.15, -0.1) is 0 Å². The molecule has 2 amide bonds. The van der Waals surface area contributed by atoms with E-state index in [1.165, 1.54) is 0 Å². The van der Waals surface area contributed by atoms with Gasteiger partial charge in [-0.05, 0) is 33.6 Å². The summed E-state index contributed by atoms with van der Waals surface area (Å²) in [6.45, 7) is 4.41. The lowest BCUT2D eigenvalue weighted by molar-refractivity contribution is -0.173. The minimum absolute atomic E-state index is 0.0609. The molecule has 0 rings (SSSR count). The van der Waals surface area contributed by atoms with Gasteiger partial charge >= 0.3 is 24.1 Å². The number of nitrogens with one attached hydrogen (secondary N) is 2. The van der Waals surface area contributed by atoms with E-state index < -0.39 is 35.8 Å². The highest BCUT2D eigenvalue weighted by Gasteiger charge is 2.38. The standard InChI is InChI=1S/C12H19F3N2O5/c1-11(2,3)22-10(21)17-7(8(18)19)5-4-6-16-9(20)12(13,14)15/h7H,4-6H2,1-3H3,(H,16,20)(H,17,21)(H,18,19). The predicted octanol–water partition coefficient (Wildman–Crippen LogP) is 1.42. The third-order valence-electron chi connectivity index (χ3n) is 2.20. The number of aliphatic carboxylic acids is 1. The summed E-state index contributed by atoms with van der Waals surface area (Å²) in [6.07, 6.45) is -6.15. The highest BCUT2D eigenvalue weighted by molar-refractivity contribution is 5.81. The smallest absolute Gasteiger partial charge is 0.471 e. The topological polar surface area (TPSA) is 105 Å². The number of amides is 2. The van der Waals surface area contributed by atoms with Crippen LogP contribution in [0.2, 0.25) is 0 Å². The van der Waals surface area contributed by atoms with Gasteiger partial charge in [-0.25, -0.2) is 9.59 Å². The molecule has 22 heavy (non-hydrogen) atoms. The first-order valence-corrected chi connectivity index (χ1v) is 6.40. The highest BCUT2D eigenvalue weighted by atomic mass is 19.4. The Morgan fingerprint density at radius 2 is 1.73 bits per heavy atom. The Morgan fingerprint density at radius 3 is 2.14 bits per heavy atom. The van der Waals surface area contributed by atoms with Gasteiger partial charge in [-0.1, -0.05) is 0 Å². The first kappa shape index (κ1) is 20.0. The second-order valence-corrected chi connectivity index (χ2v) is 5.43. The van der Waals surface area contributed by atoms with Crippen molar-refractivity contribution in [1.29, 1.82) is 0 Å². The Bertz CT molecular complexity index is 418. The number of ether oxygens (including phenoxy) is 1. The molecule has 0 spiro atoms. The van der Waals surface area contributed by atoms with Crippen molar-refractivity contribution in [2.24, 2.45) is 0 Å². The zero-order valence-corrected chi connectivity index (χ0v) is 12.4.